The monoisotopic (exact) mass is 895 g/mol. The van der Waals surface area contributed by atoms with Gasteiger partial charge in [0, 0.05) is 22.8 Å². The lowest BCUT2D eigenvalue weighted by Gasteiger charge is -2.21. The lowest BCUT2D eigenvalue weighted by atomic mass is 10.1. The third-order valence-electron chi connectivity index (χ3n) is 4.52. The summed E-state index contributed by atoms with van der Waals surface area (Å²) in [6.07, 6.45) is -2.74. The zero-order valence-corrected chi connectivity index (χ0v) is 25.9. The predicted octanol–water partition coefficient (Wildman–Crippen LogP) is 4.45. The minimum Gasteiger partial charge on any atom is -0.458 e. The maximum atomic E-state index is 13.8. The number of hydrogen-bond acceptors (Lipinski definition) is 10. The first-order valence-corrected chi connectivity index (χ1v) is 14.5. The number of halogens is 5. The molecule has 2 aromatic rings. The molecule has 1 atom stereocenters. The summed E-state index contributed by atoms with van der Waals surface area (Å²) < 4.78 is 74.6. The smallest absolute Gasteiger partial charge is 0.405 e. The molecule has 18 heteroatoms. The maximum Gasteiger partial charge on any atom is 0.405 e. The molecule has 2 aromatic carbocycles. The van der Waals surface area contributed by atoms with Crippen LogP contribution in [0.25, 0.3) is 0 Å². The van der Waals surface area contributed by atoms with Gasteiger partial charge in [0.25, 0.3) is 5.69 Å². The fourth-order valence-corrected chi connectivity index (χ4v) is 5.47. The van der Waals surface area contributed by atoms with Crippen molar-refractivity contribution in [2.45, 2.75) is 18.3 Å². The van der Waals surface area contributed by atoms with E-state index in [2.05, 4.69) is 4.74 Å². The Morgan fingerprint density at radius 2 is 1.55 bits per heavy atom. The number of benzene rings is 2. The number of nitro benzene ring substituents is 1. The Hall–Kier alpha value is -1.79. The van der Waals surface area contributed by atoms with Gasteiger partial charge in [-0.15, -0.1) is 0 Å². The summed E-state index contributed by atoms with van der Waals surface area (Å²) in [7, 11) is -5.98. The second kappa shape index (κ2) is 13.0. The van der Waals surface area contributed by atoms with Gasteiger partial charge in [-0.05, 0) is 92.9 Å². The molecule has 0 saturated carbocycles. The van der Waals surface area contributed by atoms with E-state index >= 15 is 0 Å². The molecule has 0 aliphatic carbocycles. The molecule has 1 unspecified atom stereocenters. The van der Waals surface area contributed by atoms with Gasteiger partial charge in [0.05, 0.1) is 21.6 Å². The summed E-state index contributed by atoms with van der Waals surface area (Å²) in [5.74, 6) is -3.68. The van der Waals surface area contributed by atoms with Gasteiger partial charge in [-0.2, -0.15) is 17.2 Å². The van der Waals surface area contributed by atoms with Crippen LogP contribution in [0.15, 0.2) is 30.3 Å². The molecule has 12 nitrogen and oxygen atoms in total. The Morgan fingerprint density at radius 3 is 2.08 bits per heavy atom. The van der Waals surface area contributed by atoms with Crippen LogP contribution in [-0.2, 0) is 24.3 Å². The number of nitro groups is 1. The van der Waals surface area contributed by atoms with Crippen molar-refractivity contribution in [2.24, 2.45) is 0 Å². The zero-order chi connectivity index (χ0) is 29.0. The molecule has 0 spiro atoms. The third-order valence-corrected chi connectivity index (χ3v) is 9.20. The molecule has 0 radical (unpaired) electrons. The van der Waals surface area contributed by atoms with Gasteiger partial charge in [0.1, 0.15) is 13.2 Å². The number of esters is 3. The maximum absolute atomic E-state index is 13.8. The highest BCUT2D eigenvalue weighted by Gasteiger charge is 2.52. The van der Waals surface area contributed by atoms with Crippen LogP contribution in [0.4, 0.5) is 14.5 Å². The van der Waals surface area contributed by atoms with E-state index in [4.69, 9.17) is 14.0 Å². The Kier molecular flexibility index (Phi) is 11.1. The molecule has 206 valence electrons. The number of hydrogen-bond donors (Lipinski definition) is 1. The average molecular weight is 895 g/mol. The summed E-state index contributed by atoms with van der Waals surface area (Å²) in [5.41, 5.74) is -1.97. The van der Waals surface area contributed by atoms with Crippen LogP contribution in [0.2, 0.25) is 0 Å². The third kappa shape index (κ3) is 7.88. The molecule has 0 saturated heterocycles. The van der Waals surface area contributed by atoms with Gasteiger partial charge in [0.2, 0.25) is 0 Å². The Balaban J connectivity index is 2.16. The highest BCUT2D eigenvalue weighted by atomic mass is 127. The Morgan fingerprint density at radius 1 is 1.00 bits per heavy atom. The first-order chi connectivity index (χ1) is 17.5. The predicted molar refractivity (Wildman–Crippen MR) is 150 cm³/mol. The van der Waals surface area contributed by atoms with Gasteiger partial charge in [0.15, 0.2) is 6.10 Å². The molecule has 0 aromatic heterocycles. The molecule has 0 fully saturated rings. The summed E-state index contributed by atoms with van der Waals surface area (Å²) >= 11 is 6.03. The lowest BCUT2D eigenvalue weighted by Crippen LogP contribution is -2.42. The van der Waals surface area contributed by atoms with E-state index in [0.29, 0.717) is 16.6 Å². The van der Waals surface area contributed by atoms with Crippen LogP contribution in [0, 0.1) is 20.8 Å². The molecule has 2 rings (SSSR count). The molecule has 0 aliphatic rings. The highest BCUT2D eigenvalue weighted by molar-refractivity contribution is 14.1. The molecular weight excluding hydrogens is 881 g/mol. The summed E-state index contributed by atoms with van der Waals surface area (Å²) in [6, 6.07) is 5.60. The van der Waals surface area contributed by atoms with Crippen LogP contribution in [-0.4, -0.2) is 60.4 Å². The minimum absolute atomic E-state index is 0.282. The Labute approximate surface area is 254 Å². The van der Waals surface area contributed by atoms with Crippen LogP contribution in [0.3, 0.4) is 0 Å². The summed E-state index contributed by atoms with van der Waals surface area (Å²) in [4.78, 5) is 47.5. The molecule has 0 amide bonds. The van der Waals surface area contributed by atoms with E-state index in [-0.39, 0.29) is 5.56 Å². The van der Waals surface area contributed by atoms with E-state index in [1.54, 1.807) is 6.07 Å². The van der Waals surface area contributed by atoms with Gasteiger partial charge < -0.3 is 14.2 Å². The molecular formula is C20H14F2I3NO11S. The number of alkyl halides is 2. The number of ether oxygens (including phenoxy) is 3. The number of nitrogens with zero attached hydrogens (tertiary/aromatic N) is 1. The van der Waals surface area contributed by atoms with Crippen LogP contribution in [0.5, 0.6) is 0 Å². The van der Waals surface area contributed by atoms with Crippen molar-refractivity contribution in [1.29, 1.82) is 0 Å². The first-order valence-electron chi connectivity index (χ1n) is 9.80. The molecule has 1 N–H and O–H groups in total. The van der Waals surface area contributed by atoms with Crippen LogP contribution >= 0.6 is 67.8 Å². The molecule has 0 bridgehead atoms. The minimum atomic E-state index is -5.98. The summed E-state index contributed by atoms with van der Waals surface area (Å²) in [6.45, 7) is -0.469. The second-order valence-corrected chi connectivity index (χ2v) is 12.1. The van der Waals surface area contributed by atoms with Gasteiger partial charge in [-0.1, -0.05) is 0 Å². The van der Waals surface area contributed by atoms with Crippen molar-refractivity contribution in [2.75, 3.05) is 13.2 Å². The van der Waals surface area contributed by atoms with Crippen LogP contribution in [0.1, 0.15) is 38.0 Å². The van der Waals surface area contributed by atoms with Crippen molar-refractivity contribution >= 4 is 101 Å². The number of non-ortho nitro benzene ring substituents is 1. The molecule has 38 heavy (non-hydrogen) atoms. The molecule has 0 heterocycles. The van der Waals surface area contributed by atoms with Gasteiger partial charge in [-0.3, -0.25) is 14.7 Å². The van der Waals surface area contributed by atoms with Crippen molar-refractivity contribution in [3.8, 4) is 0 Å². The van der Waals surface area contributed by atoms with Crippen molar-refractivity contribution in [3.05, 3.63) is 67.8 Å². The van der Waals surface area contributed by atoms with E-state index in [0.717, 1.165) is 19.3 Å². The van der Waals surface area contributed by atoms with Gasteiger partial charge >= 0.3 is 33.3 Å². The van der Waals surface area contributed by atoms with E-state index in [1.807, 2.05) is 73.8 Å². The average Bonchev–Trinajstić information content (AvgIpc) is 2.82. The first kappa shape index (κ1) is 32.4. The fourth-order valence-electron chi connectivity index (χ4n) is 2.62. The van der Waals surface area contributed by atoms with E-state index in [9.17, 15) is 41.7 Å². The zero-order valence-electron chi connectivity index (χ0n) is 18.7. The van der Waals surface area contributed by atoms with E-state index in [1.165, 1.54) is 0 Å². The molecule has 0 aliphatic heterocycles. The number of carbonyl (C=O) groups is 3. The van der Waals surface area contributed by atoms with Crippen molar-refractivity contribution in [3.63, 3.8) is 0 Å². The Bertz CT molecular complexity index is 1400. The number of carbonyl (C=O) groups excluding carboxylic acids is 3. The largest absolute Gasteiger partial charge is 0.458 e. The number of rotatable bonds is 10. The second-order valence-electron chi connectivity index (χ2n) is 7.09. The summed E-state index contributed by atoms with van der Waals surface area (Å²) in [5, 5.41) is 6.17. The topological polar surface area (TPSA) is 176 Å². The highest BCUT2D eigenvalue weighted by Crippen LogP contribution is 2.29. The van der Waals surface area contributed by atoms with E-state index < -0.39 is 74.3 Å². The standard InChI is InChI=1S/C20H14F2I3NO11S/c1-9(20(21,22)38(32,33)34)37-19(29)13-8-11(26(30)31)2-3-12(13)17(27)35-4-5-36-18(28)14-6-10(23)7-15(24)16(14)25/h2-3,6-9H,4-5H2,1H3,(H,32,33,34). The van der Waals surface area contributed by atoms with Crippen molar-refractivity contribution < 1.29 is 55.3 Å². The van der Waals surface area contributed by atoms with Gasteiger partial charge in [-0.25, -0.2) is 14.4 Å². The lowest BCUT2D eigenvalue weighted by molar-refractivity contribution is -0.384. The van der Waals surface area contributed by atoms with Crippen LogP contribution < -0.4 is 0 Å². The normalized spacial score (nSPS) is 12.4. The quantitative estimate of drug-likeness (QED) is 0.0522. The van der Waals surface area contributed by atoms with Crippen molar-refractivity contribution in [1.82, 2.24) is 0 Å². The SMILES string of the molecule is CC(OC(=O)c1cc([N+](=O)[O-])ccc1C(=O)OCCOC(=O)c1cc(I)cc(I)c1I)C(F)(F)S(=O)(=O)O. The fraction of sp³-hybridized carbons (Fsp3) is 0.250.